The number of rotatable bonds is 2. The van der Waals surface area contributed by atoms with E-state index in [4.69, 9.17) is 5.73 Å². The molecule has 0 spiro atoms. The average molecular weight is 259 g/mol. The molecule has 0 aliphatic heterocycles. The van der Waals surface area contributed by atoms with Gasteiger partial charge in [0, 0.05) is 5.56 Å². The van der Waals surface area contributed by atoms with Gasteiger partial charge in [-0.2, -0.15) is 0 Å². The van der Waals surface area contributed by atoms with E-state index in [0.29, 0.717) is 0 Å². The van der Waals surface area contributed by atoms with Crippen LogP contribution in [-0.4, -0.2) is 0 Å². The van der Waals surface area contributed by atoms with E-state index in [1.807, 2.05) is 12.1 Å². The third-order valence-electron chi connectivity index (χ3n) is 3.80. The molecule has 2 N–H and O–H groups in total. The number of aryl methyl sites for hydroxylation is 2. The largest absolute Gasteiger partial charge is 0.320 e. The second kappa shape index (κ2) is 4.74. The summed E-state index contributed by atoms with van der Waals surface area (Å²) in [5, 5.41) is 0. The van der Waals surface area contributed by atoms with Crippen molar-refractivity contribution in [2.75, 3.05) is 0 Å². The first kappa shape index (κ1) is 12.3. The Kier molecular flexibility index (Phi) is 3.07. The predicted molar refractivity (Wildman–Crippen MR) is 70.9 cm³/mol. The van der Waals surface area contributed by atoms with Crippen molar-refractivity contribution in [3.8, 4) is 0 Å². The van der Waals surface area contributed by atoms with E-state index >= 15 is 0 Å². The van der Waals surface area contributed by atoms with Crippen LogP contribution >= 0.6 is 0 Å². The van der Waals surface area contributed by atoms with E-state index in [-0.39, 0.29) is 5.56 Å². The third kappa shape index (κ3) is 2.15. The molecule has 1 aliphatic carbocycles. The van der Waals surface area contributed by atoms with Crippen molar-refractivity contribution in [1.82, 2.24) is 0 Å². The highest BCUT2D eigenvalue weighted by Gasteiger charge is 2.18. The molecule has 0 bridgehead atoms. The van der Waals surface area contributed by atoms with Gasteiger partial charge in [-0.25, -0.2) is 8.78 Å². The zero-order chi connectivity index (χ0) is 13.4. The molecule has 2 aromatic carbocycles. The molecule has 1 aliphatic rings. The summed E-state index contributed by atoms with van der Waals surface area (Å²) in [6.07, 6.45) is 3.29. The van der Waals surface area contributed by atoms with Gasteiger partial charge in [-0.3, -0.25) is 0 Å². The maximum Gasteiger partial charge on any atom is 0.163 e. The summed E-state index contributed by atoms with van der Waals surface area (Å²) in [6, 6.07) is 9.50. The van der Waals surface area contributed by atoms with Gasteiger partial charge in [0.1, 0.15) is 0 Å². The molecular weight excluding hydrogens is 244 g/mol. The monoisotopic (exact) mass is 259 g/mol. The number of nitrogens with two attached hydrogens (primary N) is 1. The van der Waals surface area contributed by atoms with Gasteiger partial charge in [-0.1, -0.05) is 30.3 Å². The Morgan fingerprint density at radius 3 is 2.63 bits per heavy atom. The number of hydrogen-bond donors (Lipinski definition) is 1. The Hall–Kier alpha value is -1.74. The summed E-state index contributed by atoms with van der Waals surface area (Å²) < 4.78 is 27.0. The Morgan fingerprint density at radius 1 is 1.00 bits per heavy atom. The van der Waals surface area contributed by atoms with Crippen molar-refractivity contribution >= 4 is 0 Å². The van der Waals surface area contributed by atoms with Crippen molar-refractivity contribution in [3.05, 3.63) is 70.3 Å². The van der Waals surface area contributed by atoms with Crippen LogP contribution in [0.3, 0.4) is 0 Å². The first-order valence-electron chi connectivity index (χ1n) is 6.48. The fraction of sp³-hybridized carbons (Fsp3) is 0.250. The van der Waals surface area contributed by atoms with Gasteiger partial charge in [0.25, 0.3) is 0 Å². The lowest BCUT2D eigenvalue weighted by Gasteiger charge is -2.15. The molecule has 1 atom stereocenters. The van der Waals surface area contributed by atoms with Crippen molar-refractivity contribution in [1.29, 1.82) is 0 Å². The van der Waals surface area contributed by atoms with Gasteiger partial charge in [0.05, 0.1) is 6.04 Å². The lowest BCUT2D eigenvalue weighted by Crippen LogP contribution is -2.14. The summed E-state index contributed by atoms with van der Waals surface area (Å²) in [5.41, 5.74) is 9.74. The van der Waals surface area contributed by atoms with E-state index in [2.05, 4.69) is 6.07 Å². The molecular formula is C16H15F2N. The molecule has 1 unspecified atom stereocenters. The highest BCUT2D eigenvalue weighted by atomic mass is 19.2. The lowest BCUT2D eigenvalue weighted by atomic mass is 9.96. The fourth-order valence-electron chi connectivity index (χ4n) is 2.73. The molecule has 0 amide bonds. The van der Waals surface area contributed by atoms with Crippen LogP contribution in [0.4, 0.5) is 8.78 Å². The summed E-state index contributed by atoms with van der Waals surface area (Å²) >= 11 is 0. The van der Waals surface area contributed by atoms with Gasteiger partial charge in [-0.15, -0.1) is 0 Å². The van der Waals surface area contributed by atoms with Crippen LogP contribution in [0.25, 0.3) is 0 Å². The third-order valence-corrected chi connectivity index (χ3v) is 3.80. The van der Waals surface area contributed by atoms with E-state index in [0.717, 1.165) is 30.9 Å². The molecule has 19 heavy (non-hydrogen) atoms. The molecule has 0 aromatic heterocycles. The Bertz CT molecular complexity index is 622. The van der Waals surface area contributed by atoms with Crippen LogP contribution in [0.1, 0.15) is 34.7 Å². The summed E-state index contributed by atoms with van der Waals surface area (Å²) in [7, 11) is 0. The minimum Gasteiger partial charge on any atom is -0.320 e. The minimum absolute atomic E-state index is 0.206. The number of halogens is 2. The van der Waals surface area contributed by atoms with Gasteiger partial charge in [-0.05, 0) is 42.0 Å². The second-order valence-corrected chi connectivity index (χ2v) is 5.00. The van der Waals surface area contributed by atoms with Crippen molar-refractivity contribution < 1.29 is 8.78 Å². The molecule has 0 radical (unpaired) electrons. The van der Waals surface area contributed by atoms with E-state index < -0.39 is 17.7 Å². The smallest absolute Gasteiger partial charge is 0.163 e. The number of hydrogen-bond acceptors (Lipinski definition) is 1. The zero-order valence-electron chi connectivity index (χ0n) is 10.5. The predicted octanol–water partition coefficient (Wildman–Crippen LogP) is 3.50. The van der Waals surface area contributed by atoms with Crippen LogP contribution in [-0.2, 0) is 12.8 Å². The maximum absolute atomic E-state index is 13.8. The van der Waals surface area contributed by atoms with Crippen molar-refractivity contribution in [3.63, 3.8) is 0 Å². The van der Waals surface area contributed by atoms with Crippen LogP contribution < -0.4 is 5.73 Å². The molecule has 98 valence electrons. The summed E-state index contributed by atoms with van der Waals surface area (Å²) in [6.45, 7) is 0. The fourth-order valence-corrected chi connectivity index (χ4v) is 2.73. The SMILES string of the molecule is NC(c1ccc2c(c1)CCC2)c1cccc(F)c1F. The van der Waals surface area contributed by atoms with E-state index in [1.165, 1.54) is 23.3 Å². The number of fused-ring (bicyclic) bond motifs is 1. The van der Waals surface area contributed by atoms with Gasteiger partial charge in [0.15, 0.2) is 11.6 Å². The maximum atomic E-state index is 13.8. The van der Waals surface area contributed by atoms with Gasteiger partial charge < -0.3 is 5.73 Å². The highest BCUT2D eigenvalue weighted by Crippen LogP contribution is 2.28. The van der Waals surface area contributed by atoms with Gasteiger partial charge >= 0.3 is 0 Å². The number of benzene rings is 2. The zero-order valence-corrected chi connectivity index (χ0v) is 10.5. The topological polar surface area (TPSA) is 26.0 Å². The van der Waals surface area contributed by atoms with Crippen LogP contribution in [0.15, 0.2) is 36.4 Å². The first-order chi connectivity index (χ1) is 9.16. The summed E-state index contributed by atoms with van der Waals surface area (Å²) in [5.74, 6) is -1.70. The Labute approximate surface area is 111 Å². The average Bonchev–Trinajstić information content (AvgIpc) is 2.88. The molecule has 0 fully saturated rings. The molecule has 2 aromatic rings. The second-order valence-electron chi connectivity index (χ2n) is 5.00. The quantitative estimate of drug-likeness (QED) is 0.877. The molecule has 0 saturated heterocycles. The van der Waals surface area contributed by atoms with Crippen LogP contribution in [0, 0.1) is 11.6 Å². The molecule has 0 saturated carbocycles. The molecule has 1 nitrogen and oxygen atoms in total. The summed E-state index contributed by atoms with van der Waals surface area (Å²) in [4.78, 5) is 0. The van der Waals surface area contributed by atoms with Crippen molar-refractivity contribution in [2.45, 2.75) is 25.3 Å². The lowest BCUT2D eigenvalue weighted by molar-refractivity contribution is 0.494. The molecule has 0 heterocycles. The van der Waals surface area contributed by atoms with Crippen LogP contribution in [0.5, 0.6) is 0 Å². The molecule has 3 rings (SSSR count). The Morgan fingerprint density at radius 2 is 1.79 bits per heavy atom. The standard InChI is InChI=1S/C16H15F2N/c17-14-6-2-5-13(15(14)18)16(19)12-8-7-10-3-1-4-11(10)9-12/h2,5-9,16H,1,3-4,19H2. The minimum atomic E-state index is -0.853. The van der Waals surface area contributed by atoms with E-state index in [9.17, 15) is 8.78 Å². The first-order valence-corrected chi connectivity index (χ1v) is 6.48. The van der Waals surface area contributed by atoms with E-state index in [1.54, 1.807) is 0 Å². The highest BCUT2D eigenvalue weighted by molar-refractivity contribution is 5.40. The Balaban J connectivity index is 2.00. The molecule has 3 heteroatoms. The van der Waals surface area contributed by atoms with Gasteiger partial charge in [0.2, 0.25) is 0 Å². The van der Waals surface area contributed by atoms with Crippen LogP contribution in [0.2, 0.25) is 0 Å². The normalized spacial score (nSPS) is 15.3. The van der Waals surface area contributed by atoms with Crippen molar-refractivity contribution in [2.24, 2.45) is 5.73 Å².